The van der Waals surface area contributed by atoms with Gasteiger partial charge in [-0.25, -0.2) is 0 Å². The molecule has 4 bridgehead atoms. The van der Waals surface area contributed by atoms with Crippen molar-refractivity contribution in [2.45, 2.75) is 58.3 Å². The topological polar surface area (TPSA) is 87.3 Å². The highest BCUT2D eigenvalue weighted by Crippen LogP contribution is 2.61. The van der Waals surface area contributed by atoms with Crippen molar-refractivity contribution in [3.05, 3.63) is 35.4 Å². The maximum atomic E-state index is 12.4. The van der Waals surface area contributed by atoms with Crippen LogP contribution in [0.4, 0.5) is 0 Å². The van der Waals surface area contributed by atoms with Gasteiger partial charge in [-0.15, -0.1) is 0 Å². The van der Waals surface area contributed by atoms with Crippen LogP contribution in [-0.4, -0.2) is 24.3 Å². The molecule has 6 nitrogen and oxygen atoms in total. The lowest BCUT2D eigenvalue weighted by molar-refractivity contribution is -0.134. The Balaban J connectivity index is 1.17. The lowest BCUT2D eigenvalue weighted by atomic mass is 9.49. The first-order valence-electron chi connectivity index (χ1n) is 10.8. The van der Waals surface area contributed by atoms with E-state index in [1.165, 1.54) is 38.5 Å². The minimum atomic E-state index is -0.297. The van der Waals surface area contributed by atoms with E-state index in [2.05, 4.69) is 16.2 Å². The molecule has 29 heavy (non-hydrogen) atoms. The quantitative estimate of drug-likeness (QED) is 0.645. The van der Waals surface area contributed by atoms with Crippen LogP contribution in [0.2, 0.25) is 0 Å². The molecule has 4 aliphatic rings. The molecule has 0 saturated heterocycles. The molecule has 0 aliphatic heterocycles. The Morgan fingerprint density at radius 2 is 1.52 bits per heavy atom. The first-order chi connectivity index (χ1) is 13.9. The molecule has 0 aromatic heterocycles. The molecule has 4 fully saturated rings. The third-order valence-corrected chi connectivity index (χ3v) is 7.07. The molecule has 0 radical (unpaired) electrons. The Hall–Kier alpha value is -2.37. The number of amides is 3. The van der Waals surface area contributed by atoms with Gasteiger partial charge in [-0.1, -0.05) is 18.2 Å². The van der Waals surface area contributed by atoms with Gasteiger partial charge in [0.15, 0.2) is 0 Å². The number of hydrogen-bond acceptors (Lipinski definition) is 3. The fourth-order valence-corrected chi connectivity index (χ4v) is 6.31. The summed E-state index contributed by atoms with van der Waals surface area (Å²) in [6, 6.07) is 7.33. The normalized spacial score (nSPS) is 29.3. The van der Waals surface area contributed by atoms with Gasteiger partial charge in [0, 0.05) is 24.9 Å². The van der Waals surface area contributed by atoms with Crippen molar-refractivity contribution in [2.24, 2.45) is 23.2 Å². The van der Waals surface area contributed by atoms with Crippen molar-refractivity contribution in [2.75, 3.05) is 6.54 Å². The Morgan fingerprint density at radius 3 is 2.14 bits per heavy atom. The number of rotatable bonds is 6. The van der Waals surface area contributed by atoms with E-state index in [-0.39, 0.29) is 36.1 Å². The van der Waals surface area contributed by atoms with Crippen LogP contribution in [0, 0.1) is 30.1 Å². The van der Waals surface area contributed by atoms with E-state index in [1.54, 1.807) is 6.07 Å². The minimum absolute atomic E-state index is 0.0933. The molecule has 0 heterocycles. The van der Waals surface area contributed by atoms with Crippen molar-refractivity contribution < 1.29 is 14.4 Å². The molecular formula is C23H31N3O3. The van der Waals surface area contributed by atoms with Gasteiger partial charge in [0.2, 0.25) is 11.8 Å². The standard InChI is InChI=1S/C23H31N3O3/c1-15-4-2-3-5-19(15)22(29)24-7-6-20(27)25-26-21(28)14-23-11-16-8-17(12-23)10-18(9-16)13-23/h2-5,16-18H,6-14H2,1H3,(H,24,29)(H,25,27)(H,26,28). The maximum absolute atomic E-state index is 12.4. The number of nitrogens with one attached hydrogen (secondary N) is 3. The number of carbonyl (C=O) groups excluding carboxylic acids is 3. The summed E-state index contributed by atoms with van der Waals surface area (Å²) in [4.78, 5) is 36.6. The molecule has 4 aliphatic carbocycles. The molecule has 3 N–H and O–H groups in total. The van der Waals surface area contributed by atoms with E-state index in [0.29, 0.717) is 12.0 Å². The minimum Gasteiger partial charge on any atom is -0.352 e. The van der Waals surface area contributed by atoms with E-state index in [1.807, 2.05) is 25.1 Å². The van der Waals surface area contributed by atoms with Crippen molar-refractivity contribution in [1.82, 2.24) is 16.2 Å². The van der Waals surface area contributed by atoms with E-state index >= 15 is 0 Å². The molecule has 0 atom stereocenters. The molecule has 1 aromatic rings. The zero-order chi connectivity index (χ0) is 20.4. The third kappa shape index (κ3) is 4.62. The van der Waals surface area contributed by atoms with Crippen LogP contribution in [0.15, 0.2) is 24.3 Å². The molecule has 1 aromatic carbocycles. The third-order valence-electron chi connectivity index (χ3n) is 7.07. The maximum Gasteiger partial charge on any atom is 0.251 e. The first kappa shape index (κ1) is 19.9. The van der Waals surface area contributed by atoms with Crippen molar-refractivity contribution >= 4 is 17.7 Å². The summed E-state index contributed by atoms with van der Waals surface area (Å²) in [7, 11) is 0. The van der Waals surface area contributed by atoms with Crippen LogP contribution in [0.1, 0.15) is 67.3 Å². The van der Waals surface area contributed by atoms with Gasteiger partial charge in [0.05, 0.1) is 0 Å². The van der Waals surface area contributed by atoms with Gasteiger partial charge < -0.3 is 5.32 Å². The molecular weight excluding hydrogens is 366 g/mol. The van der Waals surface area contributed by atoms with Crippen LogP contribution < -0.4 is 16.2 Å². The predicted molar refractivity (Wildman–Crippen MR) is 110 cm³/mol. The summed E-state index contributed by atoms with van der Waals surface area (Å²) in [5, 5.41) is 2.75. The smallest absolute Gasteiger partial charge is 0.251 e. The Morgan fingerprint density at radius 1 is 0.931 bits per heavy atom. The van der Waals surface area contributed by atoms with Gasteiger partial charge in [0.1, 0.15) is 0 Å². The average molecular weight is 398 g/mol. The summed E-state index contributed by atoms with van der Waals surface area (Å²) < 4.78 is 0. The number of carbonyl (C=O) groups is 3. The fraction of sp³-hybridized carbons (Fsp3) is 0.609. The van der Waals surface area contributed by atoms with Crippen LogP contribution in [0.3, 0.4) is 0 Å². The largest absolute Gasteiger partial charge is 0.352 e. The Bertz CT molecular complexity index is 769. The summed E-state index contributed by atoms with van der Waals surface area (Å²) in [6.45, 7) is 2.10. The van der Waals surface area contributed by atoms with Gasteiger partial charge >= 0.3 is 0 Å². The number of benzene rings is 1. The van der Waals surface area contributed by atoms with Crippen LogP contribution in [0.25, 0.3) is 0 Å². The van der Waals surface area contributed by atoms with Gasteiger partial charge in [-0.3, -0.25) is 25.2 Å². The second-order valence-corrected chi connectivity index (χ2v) is 9.51. The molecule has 0 unspecified atom stereocenters. The van der Waals surface area contributed by atoms with Crippen molar-refractivity contribution in [3.8, 4) is 0 Å². The highest BCUT2D eigenvalue weighted by Gasteiger charge is 2.51. The number of aryl methyl sites for hydroxylation is 1. The van der Waals surface area contributed by atoms with Crippen LogP contribution in [-0.2, 0) is 9.59 Å². The SMILES string of the molecule is Cc1ccccc1C(=O)NCCC(=O)NNC(=O)CC12CC3CC(CC(C3)C1)C2. The van der Waals surface area contributed by atoms with E-state index in [4.69, 9.17) is 0 Å². The van der Waals surface area contributed by atoms with E-state index < -0.39 is 0 Å². The Kier molecular flexibility index (Phi) is 5.61. The second kappa shape index (κ2) is 8.17. The van der Waals surface area contributed by atoms with E-state index in [9.17, 15) is 14.4 Å². The molecule has 5 rings (SSSR count). The fourth-order valence-electron chi connectivity index (χ4n) is 6.31. The number of hydrazine groups is 1. The molecule has 156 valence electrons. The molecule has 6 heteroatoms. The average Bonchev–Trinajstić information content (AvgIpc) is 2.65. The summed E-state index contributed by atoms with van der Waals surface area (Å²) in [6.07, 6.45) is 8.21. The summed E-state index contributed by atoms with van der Waals surface area (Å²) >= 11 is 0. The lowest BCUT2D eigenvalue weighted by Gasteiger charge is -2.56. The lowest BCUT2D eigenvalue weighted by Crippen LogP contribution is -2.50. The van der Waals surface area contributed by atoms with Crippen molar-refractivity contribution in [3.63, 3.8) is 0 Å². The number of hydrogen-bond donors (Lipinski definition) is 3. The van der Waals surface area contributed by atoms with Gasteiger partial charge in [0.25, 0.3) is 5.91 Å². The van der Waals surface area contributed by atoms with E-state index in [0.717, 1.165) is 23.3 Å². The zero-order valence-electron chi connectivity index (χ0n) is 17.1. The van der Waals surface area contributed by atoms with Crippen LogP contribution in [0.5, 0.6) is 0 Å². The molecule has 0 spiro atoms. The highest BCUT2D eigenvalue weighted by molar-refractivity contribution is 5.95. The van der Waals surface area contributed by atoms with Crippen molar-refractivity contribution in [1.29, 1.82) is 0 Å². The van der Waals surface area contributed by atoms with Crippen LogP contribution >= 0.6 is 0 Å². The first-order valence-corrected chi connectivity index (χ1v) is 10.8. The zero-order valence-corrected chi connectivity index (χ0v) is 17.1. The summed E-state index contributed by atoms with van der Waals surface area (Å²) in [5.74, 6) is 1.83. The highest BCUT2D eigenvalue weighted by atomic mass is 16.2. The predicted octanol–water partition coefficient (Wildman–Crippen LogP) is 2.87. The second-order valence-electron chi connectivity index (χ2n) is 9.51. The monoisotopic (exact) mass is 397 g/mol. The Labute approximate surface area is 172 Å². The molecule has 3 amide bonds. The van der Waals surface area contributed by atoms with Gasteiger partial charge in [-0.05, 0) is 80.2 Å². The summed E-state index contributed by atoms with van der Waals surface area (Å²) in [5.41, 5.74) is 6.75. The van der Waals surface area contributed by atoms with Gasteiger partial charge in [-0.2, -0.15) is 0 Å². The molecule has 4 saturated carbocycles.